The Morgan fingerprint density at radius 2 is 1.77 bits per heavy atom. The molecule has 2 aliphatic rings. The summed E-state index contributed by atoms with van der Waals surface area (Å²) >= 11 is 0. The van der Waals surface area contributed by atoms with Crippen molar-refractivity contribution in [1.82, 2.24) is 10.2 Å². The Balaban J connectivity index is 1.82. The first-order chi connectivity index (χ1) is 14.5. The van der Waals surface area contributed by atoms with Gasteiger partial charge in [0.05, 0.1) is 11.1 Å². The lowest BCUT2D eigenvalue weighted by Crippen LogP contribution is -2.54. The number of imide groups is 2. The SMILES string of the molecule is CC(C)(CCN)CCC(C)(C)Nc1cccc2c1C(=O)N(C1CCC(=O)NC1=O)C2=O. The Morgan fingerprint density at radius 3 is 2.42 bits per heavy atom. The maximum atomic E-state index is 13.2. The summed E-state index contributed by atoms with van der Waals surface area (Å²) in [6.45, 7) is 9.14. The third-order valence-electron chi connectivity index (χ3n) is 6.19. The molecule has 0 spiro atoms. The van der Waals surface area contributed by atoms with Crippen LogP contribution < -0.4 is 16.4 Å². The quantitative estimate of drug-likeness (QED) is 0.547. The van der Waals surface area contributed by atoms with E-state index in [1.54, 1.807) is 18.2 Å². The summed E-state index contributed by atoms with van der Waals surface area (Å²) in [4.78, 5) is 50.9. The van der Waals surface area contributed by atoms with Gasteiger partial charge >= 0.3 is 0 Å². The van der Waals surface area contributed by atoms with Gasteiger partial charge in [0.25, 0.3) is 11.8 Å². The van der Waals surface area contributed by atoms with E-state index in [4.69, 9.17) is 5.73 Å². The average molecular weight is 429 g/mol. The molecule has 1 aromatic rings. The fourth-order valence-electron chi connectivity index (χ4n) is 4.21. The van der Waals surface area contributed by atoms with Crippen LogP contribution in [0.5, 0.6) is 0 Å². The van der Waals surface area contributed by atoms with Gasteiger partial charge in [-0.3, -0.25) is 29.4 Å². The van der Waals surface area contributed by atoms with E-state index in [1.165, 1.54) is 0 Å². The van der Waals surface area contributed by atoms with Crippen LogP contribution in [-0.2, 0) is 9.59 Å². The molecule has 0 saturated carbocycles. The van der Waals surface area contributed by atoms with Crippen LogP contribution in [0.15, 0.2) is 18.2 Å². The number of carbonyl (C=O) groups is 4. The summed E-state index contributed by atoms with van der Waals surface area (Å²) in [5, 5.41) is 5.66. The Labute approximate surface area is 182 Å². The summed E-state index contributed by atoms with van der Waals surface area (Å²) in [5.41, 5.74) is 6.64. The normalized spacial score (nSPS) is 19.5. The summed E-state index contributed by atoms with van der Waals surface area (Å²) in [6.07, 6.45) is 2.97. The molecule has 1 saturated heterocycles. The fraction of sp³-hybridized carbons (Fsp3) is 0.565. The van der Waals surface area contributed by atoms with E-state index < -0.39 is 23.8 Å². The van der Waals surface area contributed by atoms with E-state index in [0.29, 0.717) is 12.2 Å². The number of carbonyl (C=O) groups excluding carboxylic acids is 4. The van der Waals surface area contributed by atoms with Crippen molar-refractivity contribution in [1.29, 1.82) is 0 Å². The molecular formula is C23H32N4O4. The van der Waals surface area contributed by atoms with E-state index in [0.717, 1.165) is 24.2 Å². The largest absolute Gasteiger partial charge is 0.379 e. The zero-order valence-corrected chi connectivity index (χ0v) is 18.7. The van der Waals surface area contributed by atoms with Gasteiger partial charge in [0.2, 0.25) is 11.8 Å². The molecule has 8 heteroatoms. The van der Waals surface area contributed by atoms with Crippen LogP contribution in [0.3, 0.4) is 0 Å². The van der Waals surface area contributed by atoms with Crippen molar-refractivity contribution >= 4 is 29.3 Å². The molecule has 8 nitrogen and oxygen atoms in total. The van der Waals surface area contributed by atoms with Gasteiger partial charge in [0.15, 0.2) is 0 Å². The molecule has 1 aromatic carbocycles. The van der Waals surface area contributed by atoms with Crippen molar-refractivity contribution in [2.24, 2.45) is 11.1 Å². The molecule has 4 amide bonds. The number of nitrogens with two attached hydrogens (primary N) is 1. The van der Waals surface area contributed by atoms with Crippen LogP contribution in [-0.4, -0.2) is 46.7 Å². The van der Waals surface area contributed by atoms with E-state index in [2.05, 4.69) is 38.3 Å². The van der Waals surface area contributed by atoms with E-state index in [-0.39, 0.29) is 40.8 Å². The minimum Gasteiger partial charge on any atom is -0.379 e. The lowest BCUT2D eigenvalue weighted by molar-refractivity contribution is -0.136. The summed E-state index contributed by atoms with van der Waals surface area (Å²) in [6, 6.07) is 4.15. The molecule has 1 unspecified atom stereocenters. The smallest absolute Gasteiger partial charge is 0.264 e. The molecule has 0 bridgehead atoms. The van der Waals surface area contributed by atoms with Crippen molar-refractivity contribution < 1.29 is 19.2 Å². The molecule has 4 N–H and O–H groups in total. The van der Waals surface area contributed by atoms with E-state index in [1.807, 2.05) is 0 Å². The molecular weight excluding hydrogens is 396 g/mol. The van der Waals surface area contributed by atoms with Crippen molar-refractivity contribution in [2.45, 2.75) is 71.4 Å². The maximum Gasteiger partial charge on any atom is 0.264 e. The molecule has 2 heterocycles. The van der Waals surface area contributed by atoms with Crippen molar-refractivity contribution in [3.05, 3.63) is 29.3 Å². The number of hydrogen-bond donors (Lipinski definition) is 3. The monoisotopic (exact) mass is 428 g/mol. The number of hydrogen-bond acceptors (Lipinski definition) is 6. The molecule has 31 heavy (non-hydrogen) atoms. The highest BCUT2D eigenvalue weighted by molar-refractivity contribution is 6.25. The molecule has 0 radical (unpaired) electrons. The van der Waals surface area contributed by atoms with Crippen molar-refractivity contribution in [3.63, 3.8) is 0 Å². The maximum absolute atomic E-state index is 13.2. The standard InChI is InChI=1S/C23H32N4O4/c1-22(2,12-13-24)10-11-23(3,4)26-15-7-5-6-14-18(15)21(31)27(20(14)30)16-8-9-17(28)25-19(16)29/h5-7,16,26H,8-13,24H2,1-4H3,(H,25,28,29). The summed E-state index contributed by atoms with van der Waals surface area (Å²) in [5.74, 6) is -2.00. The van der Waals surface area contributed by atoms with Gasteiger partial charge in [-0.1, -0.05) is 19.9 Å². The predicted octanol–water partition coefficient (Wildman–Crippen LogP) is 2.43. The third-order valence-corrected chi connectivity index (χ3v) is 6.19. The number of nitrogens with zero attached hydrogens (tertiary/aromatic N) is 1. The zero-order valence-electron chi connectivity index (χ0n) is 18.7. The second-order valence-corrected chi connectivity index (χ2v) is 9.89. The number of fused-ring (bicyclic) bond motifs is 1. The van der Waals surface area contributed by atoms with Crippen molar-refractivity contribution in [2.75, 3.05) is 11.9 Å². The topological polar surface area (TPSA) is 122 Å². The second kappa shape index (κ2) is 8.42. The summed E-state index contributed by atoms with van der Waals surface area (Å²) in [7, 11) is 0. The van der Waals surface area contributed by atoms with Gasteiger partial charge in [0, 0.05) is 17.6 Å². The lowest BCUT2D eigenvalue weighted by atomic mass is 9.80. The average Bonchev–Trinajstić information content (AvgIpc) is 2.92. The molecule has 1 atom stereocenters. The highest BCUT2D eigenvalue weighted by atomic mass is 16.2. The van der Waals surface area contributed by atoms with Gasteiger partial charge in [-0.2, -0.15) is 0 Å². The van der Waals surface area contributed by atoms with Gasteiger partial charge in [0.1, 0.15) is 6.04 Å². The Bertz CT molecular complexity index is 922. The first-order valence-corrected chi connectivity index (χ1v) is 10.8. The molecule has 168 valence electrons. The highest BCUT2D eigenvalue weighted by Gasteiger charge is 2.45. The van der Waals surface area contributed by atoms with Gasteiger partial charge < -0.3 is 11.1 Å². The van der Waals surface area contributed by atoms with Crippen LogP contribution in [0.1, 0.15) is 80.5 Å². The summed E-state index contributed by atoms with van der Waals surface area (Å²) < 4.78 is 0. The van der Waals surface area contributed by atoms with Crippen LogP contribution >= 0.6 is 0 Å². The van der Waals surface area contributed by atoms with E-state index in [9.17, 15) is 19.2 Å². The first kappa shape index (κ1) is 22.9. The number of rotatable bonds is 8. The Kier molecular flexibility index (Phi) is 6.23. The highest BCUT2D eigenvalue weighted by Crippen LogP contribution is 2.35. The zero-order chi connectivity index (χ0) is 23.0. The van der Waals surface area contributed by atoms with Crippen LogP contribution in [0.25, 0.3) is 0 Å². The minimum absolute atomic E-state index is 0.0978. The van der Waals surface area contributed by atoms with Crippen LogP contribution in [0, 0.1) is 5.41 Å². The Hall–Kier alpha value is -2.74. The second-order valence-electron chi connectivity index (χ2n) is 9.89. The minimum atomic E-state index is -0.969. The number of amides is 4. The number of benzene rings is 1. The van der Waals surface area contributed by atoms with Crippen molar-refractivity contribution in [3.8, 4) is 0 Å². The molecule has 1 fully saturated rings. The molecule has 0 aliphatic carbocycles. The first-order valence-electron chi connectivity index (χ1n) is 10.8. The Morgan fingerprint density at radius 1 is 1.06 bits per heavy atom. The lowest BCUT2D eigenvalue weighted by Gasteiger charge is -2.33. The molecule has 3 rings (SSSR count). The van der Waals surface area contributed by atoms with Gasteiger partial charge in [-0.05, 0) is 63.6 Å². The molecule has 0 aromatic heterocycles. The predicted molar refractivity (Wildman–Crippen MR) is 118 cm³/mol. The fourth-order valence-corrected chi connectivity index (χ4v) is 4.21. The van der Waals surface area contributed by atoms with Crippen LogP contribution in [0.2, 0.25) is 0 Å². The third kappa shape index (κ3) is 4.79. The number of nitrogens with one attached hydrogen (secondary N) is 2. The number of piperidine rings is 1. The van der Waals surface area contributed by atoms with Gasteiger partial charge in [-0.25, -0.2) is 0 Å². The molecule has 2 aliphatic heterocycles. The van der Waals surface area contributed by atoms with E-state index >= 15 is 0 Å². The van der Waals surface area contributed by atoms with Crippen LogP contribution in [0.4, 0.5) is 5.69 Å². The van der Waals surface area contributed by atoms with Gasteiger partial charge in [-0.15, -0.1) is 0 Å². The number of anilines is 1.